The molecule has 0 aromatic heterocycles. The predicted octanol–water partition coefficient (Wildman–Crippen LogP) is 23.4. The number of hydrogen-bond acceptors (Lipinski definition) is 18. The van der Waals surface area contributed by atoms with Gasteiger partial charge in [-0.1, -0.05) is 138 Å². The zero-order chi connectivity index (χ0) is 104. The molecule has 0 spiro atoms. The molecule has 12 aliphatic rings. The van der Waals surface area contributed by atoms with Gasteiger partial charge in [-0.15, -0.1) is 0 Å². The van der Waals surface area contributed by atoms with Crippen LogP contribution in [-0.4, -0.2) is 199 Å². The minimum Gasteiger partial charge on any atom is -0.743 e. The molecule has 1 amide bonds. The van der Waals surface area contributed by atoms with E-state index in [9.17, 15) is 134 Å². The minimum atomic E-state index is -7.25. The van der Waals surface area contributed by atoms with Crippen LogP contribution >= 0.6 is 0 Å². The summed E-state index contributed by atoms with van der Waals surface area (Å²) in [4.78, 5) is 17.1. The molecular formula is C95H121F17N4O18S9. The van der Waals surface area contributed by atoms with Gasteiger partial charge in [-0.3, -0.25) is 4.79 Å². The van der Waals surface area contributed by atoms with Gasteiger partial charge in [0.1, 0.15) is 51.8 Å². The second kappa shape index (κ2) is 46.6. The molecule has 5 unspecified atom stereocenters. The van der Waals surface area contributed by atoms with Crippen molar-refractivity contribution in [2.75, 3.05) is 67.3 Å². The molecule has 22 nitrogen and oxygen atoms in total. The number of alkyl halides is 17. The Kier molecular flexibility index (Phi) is 37.2. The van der Waals surface area contributed by atoms with Gasteiger partial charge in [0.05, 0.1) is 30.3 Å². The molecule has 0 radical (unpaired) electrons. The largest absolute Gasteiger partial charge is 0.743 e. The van der Waals surface area contributed by atoms with Crippen molar-refractivity contribution in [2.24, 2.45) is 35.5 Å². The molecule has 6 aromatic rings. The summed E-state index contributed by atoms with van der Waals surface area (Å²) in [5.41, 5.74) is -6.18. The Hall–Kier alpha value is -5.83. The van der Waals surface area contributed by atoms with Crippen LogP contribution in [0.25, 0.3) is 40.6 Å². The highest BCUT2D eigenvalue weighted by atomic mass is 32.3. The normalized spacial score (nSPS) is 24.5. The van der Waals surface area contributed by atoms with E-state index in [0.717, 1.165) is 71.9 Å². The Bertz CT molecular complexity index is 6060. The maximum absolute atomic E-state index is 14.0. The highest BCUT2D eigenvalue weighted by molar-refractivity contribution is 8.14. The molecule has 5 atom stereocenters. The third-order valence-corrected chi connectivity index (χ3v) is 45.6. The monoisotopic (exact) mass is 2220 g/mol. The molecule has 6 saturated heterocycles. The lowest BCUT2D eigenvalue weighted by molar-refractivity contribution is -0.247. The summed E-state index contributed by atoms with van der Waals surface area (Å²) in [7, 11) is -38.9. The first-order valence-electron chi connectivity index (χ1n) is 48.8. The van der Waals surface area contributed by atoms with Gasteiger partial charge < -0.3 is 36.7 Å². The summed E-state index contributed by atoms with van der Waals surface area (Å²) in [5.74, 6) is -1.88. The van der Waals surface area contributed by atoms with Gasteiger partial charge in [-0.2, -0.15) is 78.9 Å². The predicted molar refractivity (Wildman–Crippen MR) is 515 cm³/mol. The SMILES string of the molecule is CC(Oc1ccc2ccccc2c1[S+]1CCCC1)C1CC1.O=C(N1CCC2CCCCC2C1)C(F)(F)S(=O)(=O)[N-]S(=O)(=O)C(F)(F)F.O=S(=O)([O-])C(F)(F)C(F)(F)C(F)(F)S(=O)(=O)N1CCC2CCCCC2C1.O=S1(=O)[N-]S(=O)(=O)C(F)(F)C(F)(F)C1(F)F.c1cc(OC2CCCCCC2)c2c([S+]3CCCC3)ccc(OC3CCCCCC3)c2c1.c1ccc2c([S+]3CCCC3)ccc(OCC3CCCCC3)c2c1. The van der Waals surface area contributed by atoms with Crippen molar-refractivity contribution in [3.63, 3.8) is 0 Å². The first kappa shape index (κ1) is 114. The van der Waals surface area contributed by atoms with Crippen LogP contribution in [0.3, 0.4) is 0 Å². The maximum Gasteiger partial charge on any atom is 0.480 e. The number of sulfonamides is 5. The molecule has 18 rings (SSSR count). The van der Waals surface area contributed by atoms with Gasteiger partial charge in [0.25, 0.3) is 10.0 Å². The van der Waals surface area contributed by atoms with Crippen LogP contribution in [-0.2, 0) is 97.7 Å². The summed E-state index contributed by atoms with van der Waals surface area (Å²) in [6.07, 6.45) is 41.0. The van der Waals surface area contributed by atoms with Crippen LogP contribution < -0.4 is 18.9 Å². The van der Waals surface area contributed by atoms with Gasteiger partial charge in [-0.05, 0) is 238 Å². The number of rotatable bonds is 22. The first-order valence-corrected chi connectivity index (χ1v) is 62.1. The lowest BCUT2D eigenvalue weighted by Crippen LogP contribution is -2.64. The molecule has 802 valence electrons. The number of carbonyl (C=O) groups excluding carboxylic acids is 1. The number of piperidine rings is 2. The van der Waals surface area contributed by atoms with Crippen LogP contribution in [0.1, 0.15) is 232 Å². The van der Waals surface area contributed by atoms with E-state index in [4.69, 9.17) is 18.9 Å². The van der Waals surface area contributed by atoms with Crippen molar-refractivity contribution < 1.29 is 153 Å². The Balaban J connectivity index is 0.000000145. The average molecular weight is 2220 g/mol. The number of benzene rings is 6. The first-order chi connectivity index (χ1) is 67.1. The van der Waals surface area contributed by atoms with Crippen molar-refractivity contribution in [3.05, 3.63) is 111 Å². The van der Waals surface area contributed by atoms with Crippen LogP contribution in [0.4, 0.5) is 74.6 Å². The topological polar surface area (TPSA) is 317 Å². The molecule has 6 aliphatic heterocycles. The summed E-state index contributed by atoms with van der Waals surface area (Å²) in [5, 5.41) is -23.1. The van der Waals surface area contributed by atoms with E-state index in [1.54, 1.807) is 4.90 Å². The number of likely N-dealkylation sites (tertiary alicyclic amines) is 1. The Morgan fingerprint density at radius 2 is 0.895 bits per heavy atom. The van der Waals surface area contributed by atoms with E-state index in [0.29, 0.717) is 81.6 Å². The molecule has 12 fully saturated rings. The Morgan fingerprint density at radius 3 is 1.43 bits per heavy atom. The van der Waals surface area contributed by atoms with Crippen molar-refractivity contribution in [3.8, 4) is 23.0 Å². The van der Waals surface area contributed by atoms with Gasteiger partial charge in [0.2, 0.25) is 4.90 Å². The average Bonchev–Trinajstić information content (AvgIpc) is 1.25. The van der Waals surface area contributed by atoms with E-state index >= 15 is 0 Å². The Morgan fingerprint density at radius 1 is 0.455 bits per heavy atom. The number of fused-ring (bicyclic) bond motifs is 5. The Labute approximate surface area is 833 Å². The summed E-state index contributed by atoms with van der Waals surface area (Å²) < 4.78 is 390. The molecular weight excluding hydrogens is 2100 g/mol. The number of nitrogens with zero attached hydrogens (tertiary/aromatic N) is 4. The molecule has 0 bridgehead atoms. The molecule has 0 N–H and O–H groups in total. The van der Waals surface area contributed by atoms with Crippen molar-refractivity contribution >= 4 is 131 Å². The second-order valence-corrected chi connectivity index (χ2v) is 55.8. The highest BCUT2D eigenvalue weighted by Crippen LogP contribution is 2.59. The van der Waals surface area contributed by atoms with Gasteiger partial charge >= 0.3 is 49.5 Å². The van der Waals surface area contributed by atoms with E-state index in [2.05, 4.69) is 110 Å². The van der Waals surface area contributed by atoms with Crippen molar-refractivity contribution in [2.45, 2.75) is 308 Å². The van der Waals surface area contributed by atoms with E-state index < -0.39 is 123 Å². The summed E-state index contributed by atoms with van der Waals surface area (Å²) >= 11 is 0. The molecule has 48 heteroatoms. The zero-order valence-electron chi connectivity index (χ0n) is 78.8. The highest BCUT2D eigenvalue weighted by Gasteiger charge is 2.83. The lowest BCUT2D eigenvalue weighted by Gasteiger charge is -2.42. The summed E-state index contributed by atoms with van der Waals surface area (Å²) in [6, 6.07) is 38.1. The standard InChI is InChI=1S/C28H39O2S.C21H27OS.C19H23OS.C12H17F6NO5S2.C12H16F5N2O5S2.C3F6NO4S2/c1-2-6-13-22(12-5-1)29-25-18-19-27(31-20-9-10-21-31)28-24(25)16-11-17-26(28)30-23-14-7-3-4-8-15-23;1-2-8-17(9-3-1)16-22-20-12-13-21(23-14-6-7-15-23)19-11-5-4-10-18(19)20;1-14(15-8-9-15)20-18-11-10-16-6-2-3-7-17(16)19(18)21-12-4-5-13-21;13-10(14,12(17,18)26(22,23)24)11(15,16)25(20,21)19-6-5-8-3-1-2-4-9(8)7-19;13-11(14,25(21,22)18-26(23,24)12(15,16)17)10(20)19-6-5-8-3-1-2-4-9(8)7-19;4-1(5)2(6,7)15(11,12)10-16(13,14)3(1,8)9/h11,16-19,22-23H,1-10,12-15,20-21H2;4-5,10-13,17H,1-3,6-9,14-16H2;2-3,6-7,10-11,14-15H,4-5,8-9,12-13H2,1H3;8-9H,1-7H2,(H,22,23,24);8-9H,1-7H2;/q3*+1;;2*-1/p-1. The second-order valence-electron chi connectivity index (χ2n) is 38.7. The smallest absolute Gasteiger partial charge is 0.480 e. The van der Waals surface area contributed by atoms with Crippen LogP contribution in [0.5, 0.6) is 23.0 Å². The molecule has 6 heterocycles. The lowest BCUT2D eigenvalue weighted by atomic mass is 9.75. The van der Waals surface area contributed by atoms with Gasteiger partial charge in [0, 0.05) is 80.4 Å². The van der Waals surface area contributed by atoms with Gasteiger partial charge in [0.15, 0.2) is 65.8 Å². The molecule has 143 heavy (non-hydrogen) atoms. The van der Waals surface area contributed by atoms with E-state index in [1.807, 2.05) is 0 Å². The number of hydrogen-bond donors (Lipinski definition) is 0. The van der Waals surface area contributed by atoms with Crippen LogP contribution in [0, 0.1) is 35.5 Å². The molecule has 6 aliphatic carbocycles. The van der Waals surface area contributed by atoms with Crippen LogP contribution in [0.2, 0.25) is 0 Å². The number of ether oxygens (including phenoxy) is 4. The molecule has 6 aromatic carbocycles. The third-order valence-electron chi connectivity index (χ3n) is 28.8. The fourth-order valence-electron chi connectivity index (χ4n) is 20.6. The zero-order valence-corrected chi connectivity index (χ0v) is 86.1. The summed E-state index contributed by atoms with van der Waals surface area (Å²) in [6.45, 7) is 1.68. The number of halogens is 17. The van der Waals surface area contributed by atoms with Crippen molar-refractivity contribution in [1.82, 2.24) is 9.21 Å². The van der Waals surface area contributed by atoms with Crippen molar-refractivity contribution in [1.29, 1.82) is 0 Å². The molecule has 6 saturated carbocycles. The van der Waals surface area contributed by atoms with E-state index in [1.165, 1.54) is 247 Å². The van der Waals surface area contributed by atoms with E-state index in [-0.39, 0.29) is 47.5 Å². The fraction of sp³-hybridized carbons (Fsp3) is 0.674. The fourth-order valence-corrected chi connectivity index (χ4v) is 35.0. The third kappa shape index (κ3) is 25.5. The van der Waals surface area contributed by atoms with Gasteiger partial charge in [-0.25, -0.2) is 50.5 Å². The maximum atomic E-state index is 14.0. The minimum absolute atomic E-state index is 0.0130. The quantitative estimate of drug-likeness (QED) is 0.0264. The number of carbonyl (C=O) groups is 1. The van der Waals surface area contributed by atoms with Crippen LogP contribution in [0.15, 0.2) is 118 Å². The number of amides is 1.